The van der Waals surface area contributed by atoms with Crippen molar-refractivity contribution in [3.63, 3.8) is 0 Å². The highest BCUT2D eigenvalue weighted by atomic mass is 19.1. The maximum Gasteiger partial charge on any atom is 0.108 e. The molecule has 1 fully saturated rings. The van der Waals surface area contributed by atoms with Crippen LogP contribution in [0.25, 0.3) is 0 Å². The predicted octanol–water partition coefficient (Wildman–Crippen LogP) is 0.809. The van der Waals surface area contributed by atoms with Gasteiger partial charge >= 0.3 is 0 Å². The summed E-state index contributed by atoms with van der Waals surface area (Å²) in [5, 5.41) is 0. The third-order valence-electron chi connectivity index (χ3n) is 0.358. The van der Waals surface area contributed by atoms with Gasteiger partial charge in [-0.2, -0.15) is 0 Å². The molecule has 0 saturated heterocycles. The SMILES string of the molecule is FC1[C]C1. The van der Waals surface area contributed by atoms with Crippen LogP contribution in [-0.4, -0.2) is 6.17 Å². The lowest BCUT2D eigenvalue weighted by Crippen LogP contribution is -1.49. The van der Waals surface area contributed by atoms with Gasteiger partial charge < -0.3 is 0 Å². The van der Waals surface area contributed by atoms with Gasteiger partial charge in [0.25, 0.3) is 0 Å². The second kappa shape index (κ2) is 0.449. The Labute approximate surface area is 24.6 Å². The topological polar surface area (TPSA) is 0 Å². The Balaban J connectivity index is 2.17. The van der Waals surface area contributed by atoms with E-state index in [9.17, 15) is 4.39 Å². The maximum atomic E-state index is 11.0. The lowest BCUT2D eigenvalue weighted by molar-refractivity contribution is 0.494. The lowest BCUT2D eigenvalue weighted by Gasteiger charge is -1.49. The summed E-state index contributed by atoms with van der Waals surface area (Å²) < 4.78 is 11.0. The summed E-state index contributed by atoms with van der Waals surface area (Å²) in [7, 11) is 0. The van der Waals surface area contributed by atoms with Gasteiger partial charge in [-0.15, -0.1) is 0 Å². The summed E-state index contributed by atoms with van der Waals surface area (Å²) in [6, 6.07) is 0. The molecule has 0 spiro atoms. The zero-order chi connectivity index (χ0) is 2.99. The van der Waals surface area contributed by atoms with Gasteiger partial charge in [-0.1, -0.05) is 0 Å². The van der Waals surface area contributed by atoms with E-state index in [1.807, 2.05) is 0 Å². The molecule has 1 atom stereocenters. The van der Waals surface area contributed by atoms with E-state index >= 15 is 0 Å². The molecule has 0 aromatic heterocycles. The third-order valence-corrected chi connectivity index (χ3v) is 0.358. The van der Waals surface area contributed by atoms with Crippen molar-refractivity contribution in [3.8, 4) is 0 Å². The van der Waals surface area contributed by atoms with Gasteiger partial charge in [0.2, 0.25) is 0 Å². The summed E-state index contributed by atoms with van der Waals surface area (Å²) in [5.74, 6) is 0. The molecule has 1 heteroatoms. The molecule has 1 aliphatic rings. The zero-order valence-corrected chi connectivity index (χ0v) is 2.16. The van der Waals surface area contributed by atoms with E-state index in [0.717, 1.165) is 0 Å². The minimum atomic E-state index is -0.667. The van der Waals surface area contributed by atoms with Crippen molar-refractivity contribution in [1.29, 1.82) is 0 Å². The molecule has 22 valence electrons. The van der Waals surface area contributed by atoms with E-state index in [1.165, 1.54) is 0 Å². The predicted molar refractivity (Wildman–Crippen MR) is 12.8 cm³/mol. The Bertz CT molecular complexity index is 22.5. The molecule has 2 radical (unpaired) electrons. The van der Waals surface area contributed by atoms with Gasteiger partial charge in [0.15, 0.2) is 0 Å². The Morgan fingerprint density at radius 2 is 2.25 bits per heavy atom. The minimum Gasteiger partial charge on any atom is -0.247 e. The van der Waals surface area contributed by atoms with Crippen molar-refractivity contribution >= 4 is 0 Å². The number of halogens is 1. The van der Waals surface area contributed by atoms with E-state index in [0.29, 0.717) is 6.42 Å². The summed E-state index contributed by atoms with van der Waals surface area (Å²) in [6.45, 7) is 0. The van der Waals surface area contributed by atoms with Crippen molar-refractivity contribution < 1.29 is 4.39 Å². The first kappa shape index (κ1) is 2.18. The fraction of sp³-hybridized carbons (Fsp3) is 0.667. The van der Waals surface area contributed by atoms with Crippen LogP contribution in [0.3, 0.4) is 0 Å². The van der Waals surface area contributed by atoms with Crippen LogP contribution in [0.4, 0.5) is 4.39 Å². The first-order valence-corrected chi connectivity index (χ1v) is 1.27. The molecule has 0 aromatic carbocycles. The quantitative estimate of drug-likeness (QED) is 0.386. The molecule has 1 unspecified atom stereocenters. The van der Waals surface area contributed by atoms with E-state index in [-0.39, 0.29) is 0 Å². The molecule has 1 saturated carbocycles. The minimum absolute atomic E-state index is 0.569. The van der Waals surface area contributed by atoms with Gasteiger partial charge in [-0.3, -0.25) is 0 Å². The molecule has 0 nitrogen and oxygen atoms in total. The summed E-state index contributed by atoms with van der Waals surface area (Å²) >= 11 is 0. The van der Waals surface area contributed by atoms with Gasteiger partial charge in [0, 0.05) is 6.42 Å². The molecular weight excluding hydrogens is 55.0 g/mol. The van der Waals surface area contributed by atoms with E-state index in [4.69, 9.17) is 0 Å². The number of hydrogen-bond acceptors (Lipinski definition) is 0. The van der Waals surface area contributed by atoms with Crippen LogP contribution in [0, 0.1) is 6.42 Å². The average molecular weight is 58.1 g/mol. The maximum absolute atomic E-state index is 11.0. The van der Waals surface area contributed by atoms with E-state index in [1.54, 1.807) is 0 Å². The van der Waals surface area contributed by atoms with Gasteiger partial charge in [-0.05, 0) is 6.42 Å². The highest BCUT2D eigenvalue weighted by Gasteiger charge is 2.20. The fourth-order valence-electron chi connectivity index (χ4n) is 0.0445. The fourth-order valence-corrected chi connectivity index (χ4v) is 0.0445. The van der Waals surface area contributed by atoms with Crippen LogP contribution in [0.2, 0.25) is 0 Å². The van der Waals surface area contributed by atoms with Crippen LogP contribution in [0.1, 0.15) is 6.42 Å². The van der Waals surface area contributed by atoms with Crippen LogP contribution < -0.4 is 0 Å². The molecule has 4 heavy (non-hydrogen) atoms. The number of hydrogen-bond donors (Lipinski definition) is 0. The Morgan fingerprint density at radius 1 is 2.00 bits per heavy atom. The Hall–Kier alpha value is -0.0700. The molecule has 1 aliphatic carbocycles. The van der Waals surface area contributed by atoms with Crippen LogP contribution >= 0.6 is 0 Å². The Kier molecular flexibility index (Phi) is 0.245. The van der Waals surface area contributed by atoms with Gasteiger partial charge in [0.1, 0.15) is 6.17 Å². The number of alkyl halides is 1. The molecule has 1 rings (SSSR count). The van der Waals surface area contributed by atoms with Crippen molar-refractivity contribution in [2.75, 3.05) is 0 Å². The van der Waals surface area contributed by atoms with E-state index in [2.05, 4.69) is 6.42 Å². The highest BCUT2D eigenvalue weighted by Crippen LogP contribution is 2.20. The zero-order valence-electron chi connectivity index (χ0n) is 2.16. The first-order valence-electron chi connectivity index (χ1n) is 1.27. The van der Waals surface area contributed by atoms with Crippen molar-refractivity contribution in [3.05, 3.63) is 6.42 Å². The molecular formula is C3H3F. The number of rotatable bonds is 0. The highest BCUT2D eigenvalue weighted by molar-refractivity contribution is 4.94. The van der Waals surface area contributed by atoms with Crippen molar-refractivity contribution in [1.82, 2.24) is 0 Å². The van der Waals surface area contributed by atoms with Crippen LogP contribution in [0.15, 0.2) is 0 Å². The molecule has 0 amide bonds. The third kappa shape index (κ3) is 0.194. The normalized spacial score (nSPS) is 26.2. The largest absolute Gasteiger partial charge is 0.247 e. The average Bonchev–Trinajstić information content (AvgIpc) is 1.75. The molecule has 0 N–H and O–H groups in total. The van der Waals surface area contributed by atoms with Gasteiger partial charge in [0.05, 0.1) is 0 Å². The summed E-state index contributed by atoms with van der Waals surface area (Å²) in [4.78, 5) is 0. The molecule has 0 heterocycles. The molecule has 0 aromatic rings. The van der Waals surface area contributed by atoms with Crippen LogP contribution in [-0.2, 0) is 0 Å². The molecule has 0 aliphatic heterocycles. The first-order chi connectivity index (χ1) is 1.89. The van der Waals surface area contributed by atoms with Gasteiger partial charge in [-0.25, -0.2) is 4.39 Å². The standard InChI is InChI=1S/C3H3F/c4-3-1-2-3/h3H,1H2. The van der Waals surface area contributed by atoms with Crippen molar-refractivity contribution in [2.45, 2.75) is 12.6 Å². The van der Waals surface area contributed by atoms with Crippen molar-refractivity contribution in [2.24, 2.45) is 0 Å². The van der Waals surface area contributed by atoms with E-state index < -0.39 is 6.17 Å². The lowest BCUT2D eigenvalue weighted by atomic mass is 10.9. The summed E-state index contributed by atoms with van der Waals surface area (Å²) in [5.41, 5.74) is 0. The summed E-state index contributed by atoms with van der Waals surface area (Å²) in [6.07, 6.45) is 2.33. The molecule has 0 bridgehead atoms. The monoisotopic (exact) mass is 58.0 g/mol. The second-order valence-electron chi connectivity index (χ2n) is 0.876. The second-order valence-corrected chi connectivity index (χ2v) is 0.876. The smallest absolute Gasteiger partial charge is 0.108 e. The Morgan fingerprint density at radius 3 is 2.25 bits per heavy atom. The van der Waals surface area contributed by atoms with Crippen LogP contribution in [0.5, 0.6) is 0 Å².